The Morgan fingerprint density at radius 1 is 0.939 bits per heavy atom. The highest BCUT2D eigenvalue weighted by molar-refractivity contribution is 6.18. The van der Waals surface area contributed by atoms with Gasteiger partial charge in [0.25, 0.3) is 5.91 Å². The molecule has 0 unspecified atom stereocenters. The number of pyridine rings is 1. The number of esters is 1. The minimum absolute atomic E-state index is 0.126. The molecule has 172 valence electrons. The van der Waals surface area contributed by atoms with E-state index in [0.29, 0.717) is 33.6 Å². The number of fused-ring (bicyclic) bond motifs is 1. The van der Waals surface area contributed by atoms with Crippen LogP contribution in [0.1, 0.15) is 33.3 Å². The van der Waals surface area contributed by atoms with Crippen LogP contribution >= 0.6 is 0 Å². The van der Waals surface area contributed by atoms with Crippen molar-refractivity contribution < 1.29 is 33.3 Å². The minimum Gasteiger partial charge on any atom is -0.497 e. The molecule has 2 aromatic carbocycles. The molecule has 0 aliphatic carbocycles. The number of ether oxygens (including phenoxy) is 4. The number of hydrogen-bond donors (Lipinski definition) is 1. The molecule has 33 heavy (non-hydrogen) atoms. The molecular formula is C24H24N2O7. The summed E-state index contributed by atoms with van der Waals surface area (Å²) >= 11 is 0. The number of hydrogen-bond acceptors (Lipinski definition) is 8. The van der Waals surface area contributed by atoms with Gasteiger partial charge in [-0.25, -0.2) is 0 Å². The first-order valence-electron chi connectivity index (χ1n) is 10.1. The van der Waals surface area contributed by atoms with Crippen LogP contribution in [0.15, 0.2) is 42.6 Å². The lowest BCUT2D eigenvalue weighted by molar-refractivity contribution is -0.141. The van der Waals surface area contributed by atoms with Crippen LogP contribution in [-0.4, -0.2) is 57.1 Å². The lowest BCUT2D eigenvalue weighted by Crippen LogP contribution is -2.31. The summed E-state index contributed by atoms with van der Waals surface area (Å²) in [5, 5.41) is 3.32. The van der Waals surface area contributed by atoms with E-state index >= 15 is 0 Å². The van der Waals surface area contributed by atoms with Crippen LogP contribution in [0.25, 0.3) is 10.8 Å². The maximum Gasteiger partial charge on any atom is 0.325 e. The van der Waals surface area contributed by atoms with E-state index in [9.17, 15) is 14.4 Å². The van der Waals surface area contributed by atoms with Crippen LogP contribution in [0.2, 0.25) is 0 Å². The summed E-state index contributed by atoms with van der Waals surface area (Å²) in [6.45, 7) is 1.58. The quantitative estimate of drug-likeness (QED) is 0.390. The molecule has 0 radical (unpaired) electrons. The molecule has 9 nitrogen and oxygen atoms in total. The van der Waals surface area contributed by atoms with Crippen molar-refractivity contribution >= 4 is 28.4 Å². The summed E-state index contributed by atoms with van der Waals surface area (Å²) in [5.41, 5.74) is 0.663. The zero-order chi connectivity index (χ0) is 24.0. The number of carbonyl (C=O) groups excluding carboxylic acids is 3. The van der Waals surface area contributed by atoms with Gasteiger partial charge in [0.1, 0.15) is 18.0 Å². The Labute approximate surface area is 190 Å². The fourth-order valence-electron chi connectivity index (χ4n) is 3.29. The van der Waals surface area contributed by atoms with E-state index in [0.717, 1.165) is 0 Å². The van der Waals surface area contributed by atoms with Crippen molar-refractivity contribution in [1.29, 1.82) is 0 Å². The molecule has 1 aromatic heterocycles. The van der Waals surface area contributed by atoms with Gasteiger partial charge in [-0.15, -0.1) is 0 Å². The normalized spacial score (nSPS) is 10.4. The number of rotatable bonds is 9. The van der Waals surface area contributed by atoms with Gasteiger partial charge in [0.15, 0.2) is 11.5 Å². The van der Waals surface area contributed by atoms with Gasteiger partial charge in [-0.2, -0.15) is 0 Å². The van der Waals surface area contributed by atoms with Crippen LogP contribution < -0.4 is 19.5 Å². The van der Waals surface area contributed by atoms with Gasteiger partial charge in [-0.05, 0) is 31.2 Å². The monoisotopic (exact) mass is 452 g/mol. The number of benzene rings is 2. The fraction of sp³-hybridized carbons (Fsp3) is 0.250. The van der Waals surface area contributed by atoms with Crippen LogP contribution in [0, 0.1) is 0 Å². The first kappa shape index (κ1) is 23.5. The number of nitrogens with zero attached hydrogens (tertiary/aromatic N) is 1. The second-order valence-corrected chi connectivity index (χ2v) is 6.82. The highest BCUT2D eigenvalue weighted by atomic mass is 16.5. The van der Waals surface area contributed by atoms with Crippen molar-refractivity contribution in [2.75, 3.05) is 34.5 Å². The Hall–Kier alpha value is -4.14. The number of ketones is 1. The van der Waals surface area contributed by atoms with Gasteiger partial charge in [-0.1, -0.05) is 12.1 Å². The summed E-state index contributed by atoms with van der Waals surface area (Å²) in [7, 11) is 4.45. The second-order valence-electron chi connectivity index (χ2n) is 6.82. The van der Waals surface area contributed by atoms with E-state index < -0.39 is 11.9 Å². The maximum atomic E-state index is 13.3. The standard InChI is InChI=1S/C24H24N2O7/c1-5-33-21(27)13-26-24(29)18-12-25-22(23(28)14-7-6-8-15(9-14)30-2)17-11-20(32-4)19(31-3)10-16(17)18/h6-12H,5,13H2,1-4H3,(H,26,29). The third-order valence-corrected chi connectivity index (χ3v) is 4.88. The predicted molar refractivity (Wildman–Crippen MR) is 120 cm³/mol. The highest BCUT2D eigenvalue weighted by Crippen LogP contribution is 2.35. The Kier molecular flexibility index (Phi) is 7.45. The van der Waals surface area contributed by atoms with Crippen molar-refractivity contribution in [3.63, 3.8) is 0 Å². The first-order chi connectivity index (χ1) is 15.9. The average molecular weight is 452 g/mol. The zero-order valence-electron chi connectivity index (χ0n) is 18.8. The average Bonchev–Trinajstić information content (AvgIpc) is 2.85. The van der Waals surface area contributed by atoms with Gasteiger partial charge in [-0.3, -0.25) is 19.4 Å². The maximum absolute atomic E-state index is 13.3. The van der Waals surface area contributed by atoms with Crippen molar-refractivity contribution in [3.8, 4) is 17.2 Å². The molecule has 3 rings (SSSR count). The molecule has 0 saturated heterocycles. The smallest absolute Gasteiger partial charge is 0.325 e. The summed E-state index contributed by atoms with van der Waals surface area (Å²) in [6, 6.07) is 9.88. The molecule has 0 atom stereocenters. The summed E-state index contributed by atoms with van der Waals surface area (Å²) in [6.07, 6.45) is 1.29. The Morgan fingerprint density at radius 2 is 1.64 bits per heavy atom. The molecule has 0 fully saturated rings. The summed E-state index contributed by atoms with van der Waals surface area (Å²) in [5.74, 6) is -0.199. The topological polar surface area (TPSA) is 113 Å². The van der Waals surface area contributed by atoms with Gasteiger partial charge in [0.05, 0.1) is 33.5 Å². The third-order valence-electron chi connectivity index (χ3n) is 4.88. The Balaban J connectivity index is 2.12. The van der Waals surface area contributed by atoms with E-state index in [1.54, 1.807) is 43.3 Å². The SMILES string of the molecule is CCOC(=O)CNC(=O)c1cnc(C(=O)c2cccc(OC)c2)c2cc(OC)c(OC)cc12. The van der Waals surface area contributed by atoms with Crippen LogP contribution in [-0.2, 0) is 9.53 Å². The molecule has 1 amide bonds. The summed E-state index contributed by atoms with van der Waals surface area (Å²) in [4.78, 5) is 42.0. The third kappa shape index (κ3) is 5.03. The van der Waals surface area contributed by atoms with Crippen LogP contribution in [0.3, 0.4) is 0 Å². The Morgan fingerprint density at radius 3 is 2.27 bits per heavy atom. The molecule has 0 bridgehead atoms. The number of aromatic nitrogens is 1. The van der Waals surface area contributed by atoms with Gasteiger partial charge in [0.2, 0.25) is 5.78 Å². The zero-order valence-corrected chi connectivity index (χ0v) is 18.8. The molecule has 0 spiro atoms. The first-order valence-corrected chi connectivity index (χ1v) is 10.1. The molecule has 1 heterocycles. The molecule has 0 aliphatic rings. The molecule has 0 saturated carbocycles. The molecule has 0 aliphatic heterocycles. The van der Waals surface area contributed by atoms with Crippen molar-refractivity contribution in [3.05, 3.63) is 59.4 Å². The number of methoxy groups -OCH3 is 3. The van der Waals surface area contributed by atoms with Gasteiger partial charge < -0.3 is 24.3 Å². The number of amides is 1. The molecule has 1 N–H and O–H groups in total. The van der Waals surface area contributed by atoms with E-state index in [-0.39, 0.29) is 30.2 Å². The lowest BCUT2D eigenvalue weighted by Gasteiger charge is -2.14. The van der Waals surface area contributed by atoms with Crippen molar-refractivity contribution in [1.82, 2.24) is 10.3 Å². The number of nitrogens with one attached hydrogen (secondary N) is 1. The van der Waals surface area contributed by atoms with E-state index in [1.165, 1.54) is 27.5 Å². The summed E-state index contributed by atoms with van der Waals surface area (Å²) < 4.78 is 20.8. The largest absolute Gasteiger partial charge is 0.497 e. The van der Waals surface area contributed by atoms with Crippen molar-refractivity contribution in [2.24, 2.45) is 0 Å². The Bertz CT molecular complexity index is 1210. The van der Waals surface area contributed by atoms with E-state index in [4.69, 9.17) is 18.9 Å². The van der Waals surface area contributed by atoms with Gasteiger partial charge in [0, 0.05) is 22.5 Å². The fourth-order valence-corrected chi connectivity index (χ4v) is 3.29. The highest BCUT2D eigenvalue weighted by Gasteiger charge is 2.22. The van der Waals surface area contributed by atoms with Crippen LogP contribution in [0.4, 0.5) is 0 Å². The van der Waals surface area contributed by atoms with Gasteiger partial charge >= 0.3 is 5.97 Å². The lowest BCUT2D eigenvalue weighted by atomic mass is 9.98. The predicted octanol–water partition coefficient (Wildman–Crippen LogP) is 2.78. The van der Waals surface area contributed by atoms with E-state index in [1.807, 2.05) is 0 Å². The number of carbonyl (C=O) groups is 3. The molecular weight excluding hydrogens is 428 g/mol. The minimum atomic E-state index is -0.563. The van der Waals surface area contributed by atoms with E-state index in [2.05, 4.69) is 10.3 Å². The second kappa shape index (κ2) is 10.4. The van der Waals surface area contributed by atoms with Crippen molar-refractivity contribution in [2.45, 2.75) is 6.92 Å². The molecule has 3 aromatic rings. The van der Waals surface area contributed by atoms with Crippen LogP contribution in [0.5, 0.6) is 17.2 Å². The molecule has 9 heteroatoms.